The number of hydrogen-bond donors (Lipinski definition) is 0. The first-order valence-corrected chi connectivity index (χ1v) is 9.11. The molecule has 2 saturated carbocycles. The molecule has 0 aromatic rings. The van der Waals surface area contributed by atoms with Crippen LogP contribution in [-0.2, 0) is 9.53 Å². The van der Waals surface area contributed by atoms with E-state index in [4.69, 9.17) is 4.74 Å². The van der Waals surface area contributed by atoms with E-state index in [9.17, 15) is 4.79 Å². The summed E-state index contributed by atoms with van der Waals surface area (Å²) in [6.07, 6.45) is 15.7. The Balaban J connectivity index is 1.82. The Morgan fingerprint density at radius 3 is 2.18 bits per heavy atom. The fourth-order valence-electron chi connectivity index (χ4n) is 4.55. The SMILES string of the molecule is C=CC(=O)OC1(C=C)CCC(C2CCC(CCC)CC2)CC1. The molecule has 0 radical (unpaired) electrons. The van der Waals surface area contributed by atoms with E-state index in [1.165, 1.54) is 57.4 Å². The van der Waals surface area contributed by atoms with Crippen LogP contribution in [0.15, 0.2) is 25.3 Å². The second-order valence-corrected chi connectivity index (χ2v) is 7.30. The third kappa shape index (κ3) is 4.24. The predicted octanol–water partition coefficient (Wildman–Crippen LogP) is 5.44. The normalized spacial score (nSPS) is 35.6. The average Bonchev–Trinajstić information content (AvgIpc) is 2.56. The lowest BCUT2D eigenvalue weighted by molar-refractivity contribution is -0.152. The van der Waals surface area contributed by atoms with E-state index < -0.39 is 5.60 Å². The lowest BCUT2D eigenvalue weighted by Crippen LogP contribution is -2.38. The second-order valence-electron chi connectivity index (χ2n) is 7.30. The van der Waals surface area contributed by atoms with Crippen molar-refractivity contribution in [1.29, 1.82) is 0 Å². The molecule has 2 nitrogen and oxygen atoms in total. The zero-order valence-electron chi connectivity index (χ0n) is 14.2. The van der Waals surface area contributed by atoms with Crippen LogP contribution in [0.5, 0.6) is 0 Å². The van der Waals surface area contributed by atoms with Gasteiger partial charge >= 0.3 is 5.97 Å². The summed E-state index contributed by atoms with van der Waals surface area (Å²) in [7, 11) is 0. The fourth-order valence-corrected chi connectivity index (χ4v) is 4.55. The maximum atomic E-state index is 11.5. The van der Waals surface area contributed by atoms with Gasteiger partial charge in [0.25, 0.3) is 0 Å². The third-order valence-electron chi connectivity index (χ3n) is 5.97. The van der Waals surface area contributed by atoms with Crippen molar-refractivity contribution in [3.05, 3.63) is 25.3 Å². The standard InChI is InChI=1S/C20H32O2/c1-4-7-16-8-10-17(11-9-16)18-12-14-20(6-3,15-13-18)22-19(21)5-2/h5-6,16-18H,2-4,7-15H2,1H3. The van der Waals surface area contributed by atoms with Gasteiger partial charge in [-0.05, 0) is 62.4 Å². The Morgan fingerprint density at radius 2 is 1.68 bits per heavy atom. The Hall–Kier alpha value is -1.05. The van der Waals surface area contributed by atoms with Crippen molar-refractivity contribution >= 4 is 5.97 Å². The van der Waals surface area contributed by atoms with Crippen LogP contribution in [0.2, 0.25) is 0 Å². The van der Waals surface area contributed by atoms with Gasteiger partial charge in [-0.25, -0.2) is 4.79 Å². The summed E-state index contributed by atoms with van der Waals surface area (Å²) in [5.74, 6) is 2.37. The van der Waals surface area contributed by atoms with E-state index in [-0.39, 0.29) is 5.97 Å². The lowest BCUT2D eigenvalue weighted by atomic mass is 9.67. The highest BCUT2D eigenvalue weighted by molar-refractivity contribution is 5.81. The van der Waals surface area contributed by atoms with Crippen molar-refractivity contribution in [2.75, 3.05) is 0 Å². The van der Waals surface area contributed by atoms with Crippen LogP contribution in [0.1, 0.15) is 71.1 Å². The van der Waals surface area contributed by atoms with Crippen LogP contribution in [0, 0.1) is 17.8 Å². The minimum Gasteiger partial charge on any atom is -0.452 e. The first kappa shape index (κ1) is 17.3. The van der Waals surface area contributed by atoms with Crippen molar-refractivity contribution in [3.63, 3.8) is 0 Å². The molecule has 2 aliphatic carbocycles. The molecule has 0 N–H and O–H groups in total. The van der Waals surface area contributed by atoms with Gasteiger partial charge < -0.3 is 4.74 Å². The van der Waals surface area contributed by atoms with Gasteiger partial charge in [0.1, 0.15) is 5.60 Å². The number of rotatable bonds is 6. The molecule has 124 valence electrons. The highest BCUT2D eigenvalue weighted by Gasteiger charge is 2.38. The summed E-state index contributed by atoms with van der Waals surface area (Å²) < 4.78 is 5.59. The molecule has 0 amide bonds. The number of hydrogen-bond acceptors (Lipinski definition) is 2. The number of ether oxygens (including phenoxy) is 1. The van der Waals surface area contributed by atoms with Gasteiger partial charge in [0.05, 0.1) is 0 Å². The first-order valence-electron chi connectivity index (χ1n) is 9.11. The van der Waals surface area contributed by atoms with Gasteiger partial charge in [0.2, 0.25) is 0 Å². The minimum absolute atomic E-state index is 0.321. The molecular weight excluding hydrogens is 272 g/mol. The number of carbonyl (C=O) groups is 1. The Bertz CT molecular complexity index is 383. The maximum Gasteiger partial charge on any atom is 0.331 e. The Kier molecular flexibility index (Phi) is 6.28. The van der Waals surface area contributed by atoms with Crippen LogP contribution in [-0.4, -0.2) is 11.6 Å². The average molecular weight is 304 g/mol. The fraction of sp³-hybridized carbons (Fsp3) is 0.750. The highest BCUT2D eigenvalue weighted by atomic mass is 16.6. The third-order valence-corrected chi connectivity index (χ3v) is 5.97. The van der Waals surface area contributed by atoms with Crippen LogP contribution in [0.3, 0.4) is 0 Å². The van der Waals surface area contributed by atoms with Gasteiger partial charge in [-0.15, -0.1) is 0 Å². The van der Waals surface area contributed by atoms with E-state index >= 15 is 0 Å². The summed E-state index contributed by atoms with van der Waals surface area (Å²) in [5, 5.41) is 0. The molecule has 2 heteroatoms. The van der Waals surface area contributed by atoms with Gasteiger partial charge in [-0.3, -0.25) is 0 Å². The van der Waals surface area contributed by atoms with E-state index in [0.29, 0.717) is 0 Å². The van der Waals surface area contributed by atoms with Gasteiger partial charge in [-0.1, -0.05) is 45.8 Å². The van der Waals surface area contributed by atoms with Gasteiger partial charge in [-0.2, -0.15) is 0 Å². The topological polar surface area (TPSA) is 26.3 Å². The quantitative estimate of drug-likeness (QED) is 0.371. The molecule has 2 aliphatic rings. The molecule has 0 aromatic heterocycles. The predicted molar refractivity (Wildman–Crippen MR) is 91.5 cm³/mol. The zero-order chi connectivity index (χ0) is 16.0. The molecule has 0 unspecified atom stereocenters. The van der Waals surface area contributed by atoms with Crippen LogP contribution >= 0.6 is 0 Å². The molecular formula is C20H32O2. The lowest BCUT2D eigenvalue weighted by Gasteiger charge is -2.41. The molecule has 0 atom stereocenters. The smallest absolute Gasteiger partial charge is 0.331 e. The van der Waals surface area contributed by atoms with E-state index in [1.807, 2.05) is 6.08 Å². The molecule has 0 bridgehead atoms. The summed E-state index contributed by atoms with van der Waals surface area (Å²) in [6, 6.07) is 0. The number of carbonyl (C=O) groups excluding carboxylic acids is 1. The first-order chi connectivity index (χ1) is 10.6. The summed E-state index contributed by atoms with van der Waals surface area (Å²) in [4.78, 5) is 11.5. The molecule has 22 heavy (non-hydrogen) atoms. The zero-order valence-corrected chi connectivity index (χ0v) is 14.2. The monoisotopic (exact) mass is 304 g/mol. The maximum absolute atomic E-state index is 11.5. The summed E-state index contributed by atoms with van der Waals surface area (Å²) >= 11 is 0. The molecule has 0 aliphatic heterocycles. The molecule has 0 saturated heterocycles. The largest absolute Gasteiger partial charge is 0.452 e. The van der Waals surface area contributed by atoms with E-state index in [0.717, 1.165) is 30.6 Å². The summed E-state index contributed by atoms with van der Waals surface area (Å²) in [5.41, 5.74) is -0.443. The van der Waals surface area contributed by atoms with E-state index in [1.54, 1.807) is 0 Å². The van der Waals surface area contributed by atoms with Gasteiger partial charge in [0, 0.05) is 6.08 Å². The molecule has 0 aromatic carbocycles. The van der Waals surface area contributed by atoms with Crippen LogP contribution < -0.4 is 0 Å². The van der Waals surface area contributed by atoms with Crippen LogP contribution in [0.25, 0.3) is 0 Å². The van der Waals surface area contributed by atoms with Crippen molar-refractivity contribution in [2.45, 2.75) is 76.7 Å². The van der Waals surface area contributed by atoms with Crippen molar-refractivity contribution in [2.24, 2.45) is 17.8 Å². The molecule has 0 heterocycles. The second kappa shape index (κ2) is 7.99. The van der Waals surface area contributed by atoms with Gasteiger partial charge in [0.15, 0.2) is 0 Å². The number of esters is 1. The van der Waals surface area contributed by atoms with Crippen molar-refractivity contribution < 1.29 is 9.53 Å². The Morgan fingerprint density at radius 1 is 1.09 bits per heavy atom. The highest BCUT2D eigenvalue weighted by Crippen LogP contribution is 2.44. The Labute approximate surface area is 136 Å². The van der Waals surface area contributed by atoms with Crippen molar-refractivity contribution in [1.82, 2.24) is 0 Å². The van der Waals surface area contributed by atoms with Crippen molar-refractivity contribution in [3.8, 4) is 0 Å². The van der Waals surface area contributed by atoms with E-state index in [2.05, 4.69) is 20.1 Å². The molecule has 0 spiro atoms. The molecule has 2 fully saturated rings. The minimum atomic E-state index is -0.443. The molecule has 2 rings (SSSR count). The summed E-state index contributed by atoms with van der Waals surface area (Å²) in [6.45, 7) is 9.69. The van der Waals surface area contributed by atoms with Crippen LogP contribution in [0.4, 0.5) is 0 Å².